The minimum atomic E-state index is -1.32. The van der Waals surface area contributed by atoms with Crippen LogP contribution in [0.25, 0.3) is 0 Å². The second-order valence-electron chi connectivity index (χ2n) is 17.2. The molecule has 1 amide bonds. The van der Waals surface area contributed by atoms with E-state index in [1.807, 2.05) is 29.2 Å². The molecule has 2 aromatic carbocycles. The number of carbonyl (C=O) groups is 1. The minimum Gasteiger partial charge on any atom is -0.459 e. The van der Waals surface area contributed by atoms with Gasteiger partial charge in [0.05, 0.1) is 24.8 Å². The number of benzene rings is 2. The highest BCUT2D eigenvalue weighted by atomic mass is 32.2. The van der Waals surface area contributed by atoms with E-state index in [0.29, 0.717) is 50.3 Å². The van der Waals surface area contributed by atoms with E-state index in [1.54, 1.807) is 24.9 Å². The third-order valence-electron chi connectivity index (χ3n) is 12.9. The van der Waals surface area contributed by atoms with Crippen LogP contribution in [-0.2, 0) is 14.3 Å². The molecule has 6 atom stereocenters. The predicted octanol–water partition coefficient (Wildman–Crippen LogP) is 12.2. The molecule has 0 radical (unpaired) electrons. The fourth-order valence-corrected chi connectivity index (χ4v) is 10.5. The van der Waals surface area contributed by atoms with Gasteiger partial charge >= 0.3 is 6.09 Å². The summed E-state index contributed by atoms with van der Waals surface area (Å²) in [5.74, 6) is 0.539. The van der Waals surface area contributed by atoms with Crippen LogP contribution in [0.15, 0.2) is 76.8 Å². The van der Waals surface area contributed by atoms with Crippen molar-refractivity contribution in [3.63, 3.8) is 0 Å². The Morgan fingerprint density at radius 3 is 2.23 bits per heavy atom. The first-order valence-corrected chi connectivity index (χ1v) is 25.0. The van der Waals surface area contributed by atoms with Crippen molar-refractivity contribution >= 4 is 23.6 Å². The maximum absolute atomic E-state index is 14.5. The van der Waals surface area contributed by atoms with Crippen molar-refractivity contribution < 1.29 is 38.8 Å². The van der Waals surface area contributed by atoms with Crippen LogP contribution in [0.2, 0.25) is 0 Å². The molecule has 2 N–H and O–H groups in total. The quantitative estimate of drug-likeness (QED) is 0.0356. The van der Waals surface area contributed by atoms with Gasteiger partial charge in [-0.2, -0.15) is 0 Å². The lowest BCUT2D eigenvalue weighted by Crippen LogP contribution is -2.70. The number of hydrogen-bond acceptors (Lipinski definition) is 10. The molecule has 5 rings (SSSR count). The summed E-state index contributed by atoms with van der Waals surface area (Å²) in [5, 5.41) is 24.5. The first-order valence-electron chi connectivity index (χ1n) is 23.8. The largest absolute Gasteiger partial charge is 0.459 e. The molecule has 0 aromatic heterocycles. The molecule has 0 spiro atoms. The lowest BCUT2D eigenvalue weighted by Gasteiger charge is -2.59. The third-order valence-corrected chi connectivity index (χ3v) is 13.7. The normalized spacial score (nSPS) is 23.2. The van der Waals surface area contributed by atoms with Gasteiger partial charge in [0.15, 0.2) is 0 Å². The van der Waals surface area contributed by atoms with Gasteiger partial charge in [-0.1, -0.05) is 102 Å². The zero-order chi connectivity index (χ0) is 44.2. The number of thioether (sulfide) groups is 1. The van der Waals surface area contributed by atoms with Gasteiger partial charge in [0.25, 0.3) is 0 Å². The Morgan fingerprint density at radius 2 is 1.58 bits per heavy atom. The molecule has 6 unspecified atom stereocenters. The molecule has 0 bridgehead atoms. The maximum atomic E-state index is 14.5. The molecule has 344 valence electrons. The van der Waals surface area contributed by atoms with Gasteiger partial charge in [0.1, 0.15) is 30.4 Å². The molecule has 1 fully saturated rings. The minimum absolute atomic E-state index is 0.116. The van der Waals surface area contributed by atoms with Crippen LogP contribution in [0.1, 0.15) is 141 Å². The van der Waals surface area contributed by atoms with Gasteiger partial charge in [0.2, 0.25) is 5.79 Å². The van der Waals surface area contributed by atoms with E-state index in [1.165, 1.54) is 44.9 Å². The molecule has 1 saturated carbocycles. The first kappa shape index (κ1) is 49.5. The number of nitrogens with zero attached hydrogens (tertiary/aromatic N) is 2. The fourth-order valence-electron chi connectivity index (χ4n) is 10.0. The number of aliphatic hydroxyl groups excluding tert-OH is 2. The molecule has 2 aliphatic carbocycles. The number of unbranched alkanes of at least 4 members (excludes halogenated alkanes) is 11. The molecule has 3 aliphatic rings. The van der Waals surface area contributed by atoms with Crippen molar-refractivity contribution in [3.8, 4) is 17.2 Å². The number of carbonyl (C=O) groups excluding carboxylic acids is 1. The van der Waals surface area contributed by atoms with Gasteiger partial charge in [0, 0.05) is 42.6 Å². The molecule has 0 saturated heterocycles. The summed E-state index contributed by atoms with van der Waals surface area (Å²) in [4.78, 5) is 23.0. The summed E-state index contributed by atoms with van der Waals surface area (Å²) in [5.41, 5.74) is 2.79. The van der Waals surface area contributed by atoms with Gasteiger partial charge in [-0.3, -0.25) is 4.90 Å². The molecule has 62 heavy (non-hydrogen) atoms. The van der Waals surface area contributed by atoms with Crippen molar-refractivity contribution in [3.05, 3.63) is 72.3 Å². The monoisotopic (exact) mass is 877 g/mol. The number of ether oxygens (including phenoxy) is 4. The Bertz CT molecular complexity index is 1720. The number of fused-ring (bicyclic) bond motifs is 2. The van der Waals surface area contributed by atoms with Crippen LogP contribution < -0.4 is 9.47 Å². The van der Waals surface area contributed by atoms with Crippen LogP contribution in [0.3, 0.4) is 0 Å². The highest BCUT2D eigenvalue weighted by molar-refractivity contribution is 7.98. The van der Waals surface area contributed by atoms with Crippen LogP contribution in [0.4, 0.5) is 4.79 Å². The van der Waals surface area contributed by atoms with Gasteiger partial charge in [-0.25, -0.2) is 4.79 Å². The summed E-state index contributed by atoms with van der Waals surface area (Å²) in [6, 6.07) is 13.5. The summed E-state index contributed by atoms with van der Waals surface area (Å²) in [7, 11) is 1.57. The average Bonchev–Trinajstić information content (AvgIpc) is 3.28. The second-order valence-corrected chi connectivity index (χ2v) is 18.1. The molecular weight excluding hydrogens is 801 g/mol. The molecule has 10 nitrogen and oxygen atoms in total. The Balaban J connectivity index is 1.55. The third kappa shape index (κ3) is 12.8. The van der Waals surface area contributed by atoms with Gasteiger partial charge in [-0.05, 0) is 105 Å². The molecule has 1 aliphatic heterocycles. The van der Waals surface area contributed by atoms with Gasteiger partial charge < -0.3 is 34.0 Å². The van der Waals surface area contributed by atoms with Crippen molar-refractivity contribution in [2.24, 2.45) is 22.9 Å². The highest BCUT2D eigenvalue weighted by Gasteiger charge is 2.65. The fraction of sp³-hybridized carbons (Fsp3) is 0.647. The number of rotatable bonds is 29. The first-order chi connectivity index (χ1) is 30.4. The molecular formula is C51H76N2O8S. The van der Waals surface area contributed by atoms with Crippen molar-refractivity contribution in [2.75, 3.05) is 46.3 Å². The van der Waals surface area contributed by atoms with Gasteiger partial charge in [-0.15, -0.1) is 18.3 Å². The summed E-state index contributed by atoms with van der Waals surface area (Å²) in [6.07, 6.45) is 23.7. The van der Waals surface area contributed by atoms with E-state index in [0.717, 1.165) is 72.4 Å². The Hall–Kier alpha value is -3.51. The number of allylic oxidation sites excluding steroid dienone is 1. The lowest BCUT2D eigenvalue weighted by atomic mass is 9.55. The lowest BCUT2D eigenvalue weighted by molar-refractivity contribution is -0.255. The standard InChI is InChI=1S/C51H76N2O8S/c1-6-9-10-11-12-13-14-15-16-21-34-58-50(56)53(30-7-2)47-37-45(52-57-4)43-35-38(22-17-19-31-54)42(23-18-20-32-55)48-44-36-40(60-39-24-27-41(62-5)28-25-39)26-29-46(44)61-51(47,49(43)48)59-33-8-3/h8,24-29,35-36,38,42,47-49,54-55H,3,6-7,9-23,30-34,37H2,1-2,4-5H3. The molecule has 1 heterocycles. The number of aliphatic hydroxyl groups is 2. The predicted molar refractivity (Wildman–Crippen MR) is 250 cm³/mol. The van der Waals surface area contributed by atoms with Crippen LogP contribution in [0, 0.1) is 17.8 Å². The Labute approximate surface area is 376 Å². The molecule has 2 aromatic rings. The zero-order valence-electron chi connectivity index (χ0n) is 38.2. The number of hydrogen-bond donors (Lipinski definition) is 2. The summed E-state index contributed by atoms with van der Waals surface area (Å²) >= 11 is 1.69. The van der Waals surface area contributed by atoms with E-state index in [2.05, 4.69) is 51.0 Å². The molecule has 11 heteroatoms. The topological polar surface area (TPSA) is 119 Å². The van der Waals surface area contributed by atoms with Crippen molar-refractivity contribution in [2.45, 2.75) is 152 Å². The Kier molecular flexibility index (Phi) is 21.0. The Morgan fingerprint density at radius 1 is 0.903 bits per heavy atom. The van der Waals surface area contributed by atoms with E-state index in [4.69, 9.17) is 28.9 Å². The highest BCUT2D eigenvalue weighted by Crippen LogP contribution is 2.62. The van der Waals surface area contributed by atoms with E-state index in [9.17, 15) is 15.0 Å². The smallest absolute Gasteiger partial charge is 0.410 e. The number of amides is 1. The number of oxime groups is 1. The maximum Gasteiger partial charge on any atom is 0.410 e. The average molecular weight is 877 g/mol. The second kappa shape index (κ2) is 26.3. The van der Waals surface area contributed by atoms with Crippen LogP contribution in [0.5, 0.6) is 17.2 Å². The SMILES string of the molecule is C=CCOC12Oc3ccc(Oc4ccc(SC)cc4)cc3C3C(CCCCO)C(CCCCO)C=C(C(=NOC)CC1N(CCC)C(=O)OCCCCCCCCCCCC)C32. The zero-order valence-corrected chi connectivity index (χ0v) is 39.0. The summed E-state index contributed by atoms with van der Waals surface area (Å²) < 4.78 is 27.1. The van der Waals surface area contributed by atoms with E-state index < -0.39 is 11.8 Å². The van der Waals surface area contributed by atoms with Crippen molar-refractivity contribution in [1.82, 2.24) is 4.90 Å². The van der Waals surface area contributed by atoms with Crippen LogP contribution >= 0.6 is 11.8 Å². The van der Waals surface area contributed by atoms with Crippen molar-refractivity contribution in [1.29, 1.82) is 0 Å². The van der Waals surface area contributed by atoms with Crippen LogP contribution in [-0.4, -0.2) is 85.1 Å². The van der Waals surface area contributed by atoms with E-state index in [-0.39, 0.29) is 49.6 Å². The summed E-state index contributed by atoms with van der Waals surface area (Å²) in [6.45, 7) is 9.64. The van der Waals surface area contributed by atoms with E-state index >= 15 is 0 Å².